The van der Waals surface area contributed by atoms with E-state index in [1.165, 1.54) is 5.57 Å². The lowest BCUT2D eigenvalue weighted by atomic mass is 9.49. The quantitative estimate of drug-likeness (QED) is 0.642. The van der Waals surface area contributed by atoms with Crippen molar-refractivity contribution >= 4 is 11.8 Å². The van der Waals surface area contributed by atoms with Crippen LogP contribution in [0.4, 0.5) is 0 Å². The van der Waals surface area contributed by atoms with Crippen molar-refractivity contribution < 1.29 is 14.3 Å². The third kappa shape index (κ3) is 1.87. The van der Waals surface area contributed by atoms with Gasteiger partial charge in [0, 0.05) is 17.8 Å². The molecule has 3 aliphatic carbocycles. The molecule has 22 heavy (non-hydrogen) atoms. The second kappa shape index (κ2) is 4.56. The van der Waals surface area contributed by atoms with Crippen molar-refractivity contribution in [2.24, 2.45) is 23.2 Å². The Morgan fingerprint density at radius 2 is 1.91 bits per heavy atom. The molecule has 0 aromatic carbocycles. The molecule has 5 atom stereocenters. The van der Waals surface area contributed by atoms with Crippen LogP contribution in [0.25, 0.3) is 0 Å². The smallest absolute Gasteiger partial charge is 0.306 e. The van der Waals surface area contributed by atoms with E-state index in [-0.39, 0.29) is 22.8 Å². The molecule has 3 nitrogen and oxygen atoms in total. The van der Waals surface area contributed by atoms with Crippen molar-refractivity contribution in [3.63, 3.8) is 0 Å². The molecule has 0 unspecified atom stereocenters. The molecule has 0 amide bonds. The van der Waals surface area contributed by atoms with E-state index in [1.807, 2.05) is 6.08 Å². The van der Waals surface area contributed by atoms with Gasteiger partial charge in [-0.15, -0.1) is 0 Å². The topological polar surface area (TPSA) is 43.4 Å². The van der Waals surface area contributed by atoms with Gasteiger partial charge in [-0.2, -0.15) is 0 Å². The monoisotopic (exact) mass is 300 g/mol. The van der Waals surface area contributed by atoms with Crippen LogP contribution in [0.15, 0.2) is 23.8 Å². The second-order valence-corrected chi connectivity index (χ2v) is 7.97. The Morgan fingerprint density at radius 1 is 1.09 bits per heavy atom. The number of ketones is 1. The Morgan fingerprint density at radius 3 is 2.73 bits per heavy atom. The van der Waals surface area contributed by atoms with E-state index in [0.29, 0.717) is 24.2 Å². The lowest BCUT2D eigenvalue weighted by Crippen LogP contribution is -2.56. The number of esters is 1. The van der Waals surface area contributed by atoms with Gasteiger partial charge in [-0.05, 0) is 63.0 Å². The molecule has 3 heteroatoms. The highest BCUT2D eigenvalue weighted by atomic mass is 16.6. The minimum absolute atomic E-state index is 0.0250. The first kappa shape index (κ1) is 14.2. The minimum Gasteiger partial charge on any atom is -0.459 e. The normalized spacial score (nSPS) is 47.0. The average molecular weight is 300 g/mol. The highest BCUT2D eigenvalue weighted by Crippen LogP contribution is 2.60. The predicted molar refractivity (Wildman–Crippen MR) is 83.0 cm³/mol. The number of fused-ring (bicyclic) bond motifs is 5. The van der Waals surface area contributed by atoms with E-state index >= 15 is 0 Å². The van der Waals surface area contributed by atoms with Crippen molar-refractivity contribution in [1.82, 2.24) is 0 Å². The van der Waals surface area contributed by atoms with Crippen LogP contribution in [0.3, 0.4) is 0 Å². The van der Waals surface area contributed by atoms with E-state index in [1.54, 1.807) is 6.08 Å². The summed E-state index contributed by atoms with van der Waals surface area (Å²) in [4.78, 5) is 23.4. The van der Waals surface area contributed by atoms with E-state index in [0.717, 1.165) is 32.1 Å². The minimum atomic E-state index is -0.262. The van der Waals surface area contributed by atoms with Crippen LogP contribution in [0.2, 0.25) is 0 Å². The number of allylic oxidation sites excluding steroid dienone is 4. The number of carbonyl (C=O) groups excluding carboxylic acids is 2. The van der Waals surface area contributed by atoms with Gasteiger partial charge in [0.15, 0.2) is 5.78 Å². The molecule has 0 N–H and O–H groups in total. The molecule has 0 bridgehead atoms. The molecule has 1 aliphatic heterocycles. The largest absolute Gasteiger partial charge is 0.459 e. The van der Waals surface area contributed by atoms with E-state index in [4.69, 9.17) is 4.74 Å². The van der Waals surface area contributed by atoms with Crippen LogP contribution in [0, 0.1) is 23.2 Å². The fourth-order valence-corrected chi connectivity index (χ4v) is 5.72. The SMILES string of the molecule is C[C@]12CC[C@H]3[C@H](CCC4=CC(=O)C=C[C@]43C)[C@@H]1CCC(=O)O2. The first-order valence-electron chi connectivity index (χ1n) is 8.58. The van der Waals surface area contributed by atoms with Gasteiger partial charge in [-0.1, -0.05) is 18.6 Å². The zero-order chi connectivity index (χ0) is 15.5. The molecule has 0 aromatic heterocycles. The summed E-state index contributed by atoms with van der Waals surface area (Å²) in [6.45, 7) is 4.44. The Labute approximate surface area is 131 Å². The molecule has 4 aliphatic rings. The number of hydrogen-bond donors (Lipinski definition) is 0. The third-order valence-electron chi connectivity index (χ3n) is 6.90. The Kier molecular flexibility index (Phi) is 2.95. The molecule has 0 radical (unpaired) electrons. The lowest BCUT2D eigenvalue weighted by Gasteiger charge is -2.58. The number of hydrogen-bond acceptors (Lipinski definition) is 3. The van der Waals surface area contributed by atoms with Gasteiger partial charge in [-0.3, -0.25) is 9.59 Å². The average Bonchev–Trinajstić information content (AvgIpc) is 2.46. The Balaban J connectivity index is 1.68. The van der Waals surface area contributed by atoms with Crippen LogP contribution >= 0.6 is 0 Å². The van der Waals surface area contributed by atoms with Crippen LogP contribution in [-0.2, 0) is 14.3 Å². The summed E-state index contributed by atoms with van der Waals surface area (Å²) in [7, 11) is 0. The Hall–Kier alpha value is -1.38. The maximum absolute atomic E-state index is 11.7. The molecule has 0 aromatic rings. The molecule has 1 heterocycles. The van der Waals surface area contributed by atoms with Gasteiger partial charge in [0.05, 0.1) is 0 Å². The van der Waals surface area contributed by atoms with Crippen molar-refractivity contribution in [2.75, 3.05) is 0 Å². The summed E-state index contributed by atoms with van der Waals surface area (Å²) < 4.78 is 5.79. The number of rotatable bonds is 0. The maximum Gasteiger partial charge on any atom is 0.306 e. The highest BCUT2D eigenvalue weighted by Gasteiger charge is 2.56. The molecular weight excluding hydrogens is 276 g/mol. The van der Waals surface area contributed by atoms with Crippen molar-refractivity contribution in [1.29, 1.82) is 0 Å². The standard InChI is InChI=1S/C19H24O3/c1-18-9-7-13(20)11-12(18)3-4-14-15(18)8-10-19(2)16(14)5-6-17(21)22-19/h7,9,11,14-16H,3-6,8,10H2,1-2H3/t14-,15-,16-,18+,19-/m0/s1. The van der Waals surface area contributed by atoms with Crippen molar-refractivity contribution in [3.8, 4) is 0 Å². The summed E-state index contributed by atoms with van der Waals surface area (Å²) in [5.41, 5.74) is 1.08. The van der Waals surface area contributed by atoms with Crippen molar-refractivity contribution in [3.05, 3.63) is 23.8 Å². The molecule has 0 spiro atoms. The molecule has 4 rings (SSSR count). The number of carbonyl (C=O) groups is 2. The van der Waals surface area contributed by atoms with Gasteiger partial charge >= 0.3 is 5.97 Å². The van der Waals surface area contributed by atoms with Gasteiger partial charge in [-0.25, -0.2) is 0 Å². The van der Waals surface area contributed by atoms with Gasteiger partial charge < -0.3 is 4.74 Å². The first-order chi connectivity index (χ1) is 10.4. The van der Waals surface area contributed by atoms with E-state index in [9.17, 15) is 9.59 Å². The molecule has 1 saturated heterocycles. The molecule has 2 saturated carbocycles. The zero-order valence-electron chi connectivity index (χ0n) is 13.4. The predicted octanol–water partition coefficient (Wildman–Crippen LogP) is 3.59. The summed E-state index contributed by atoms with van der Waals surface area (Å²) in [6.07, 6.45) is 11.5. The summed E-state index contributed by atoms with van der Waals surface area (Å²) >= 11 is 0. The summed E-state index contributed by atoms with van der Waals surface area (Å²) in [5.74, 6) is 1.77. The summed E-state index contributed by atoms with van der Waals surface area (Å²) in [6, 6.07) is 0. The van der Waals surface area contributed by atoms with Gasteiger partial charge in [0.2, 0.25) is 0 Å². The van der Waals surface area contributed by atoms with Crippen molar-refractivity contribution in [2.45, 2.75) is 58.0 Å². The first-order valence-corrected chi connectivity index (χ1v) is 8.58. The fraction of sp³-hybridized carbons (Fsp3) is 0.684. The zero-order valence-corrected chi connectivity index (χ0v) is 13.4. The van der Waals surface area contributed by atoms with Crippen LogP contribution in [0.1, 0.15) is 52.4 Å². The molecule has 3 fully saturated rings. The lowest BCUT2D eigenvalue weighted by molar-refractivity contribution is -0.192. The highest BCUT2D eigenvalue weighted by molar-refractivity contribution is 6.01. The maximum atomic E-state index is 11.7. The van der Waals surface area contributed by atoms with Crippen LogP contribution in [-0.4, -0.2) is 17.4 Å². The van der Waals surface area contributed by atoms with Crippen LogP contribution < -0.4 is 0 Å². The molecule has 118 valence electrons. The number of ether oxygens (including phenoxy) is 1. The third-order valence-corrected chi connectivity index (χ3v) is 6.90. The Bertz CT molecular complexity index is 602. The second-order valence-electron chi connectivity index (χ2n) is 7.97. The van der Waals surface area contributed by atoms with E-state index in [2.05, 4.69) is 19.9 Å². The van der Waals surface area contributed by atoms with Gasteiger partial charge in [0.1, 0.15) is 5.60 Å². The van der Waals surface area contributed by atoms with Crippen LogP contribution in [0.5, 0.6) is 0 Å². The van der Waals surface area contributed by atoms with Gasteiger partial charge in [0.25, 0.3) is 0 Å². The van der Waals surface area contributed by atoms with E-state index < -0.39 is 0 Å². The summed E-state index contributed by atoms with van der Waals surface area (Å²) in [5, 5.41) is 0. The molecular formula is C19H24O3. The fourth-order valence-electron chi connectivity index (χ4n) is 5.72.